The zero-order valence-electron chi connectivity index (χ0n) is 8.78. The zero-order chi connectivity index (χ0) is 13.1. The van der Waals surface area contributed by atoms with Gasteiger partial charge in [0, 0.05) is 5.56 Å². The fourth-order valence-corrected chi connectivity index (χ4v) is 1.13. The van der Waals surface area contributed by atoms with E-state index in [1.54, 1.807) is 6.07 Å². The fourth-order valence-electron chi connectivity index (χ4n) is 1.13. The summed E-state index contributed by atoms with van der Waals surface area (Å²) < 4.78 is 39.2. The number of rotatable bonds is 3. The van der Waals surface area contributed by atoms with E-state index in [0.717, 1.165) is 12.1 Å². The summed E-state index contributed by atoms with van der Waals surface area (Å²) in [6.45, 7) is 1.42. The average molecular weight is 243 g/mol. The minimum Gasteiger partial charge on any atom is -0.406 e. The standard InChI is InChI=1S/C11H8F3NO2/c1-7(6-15)10(16)8-2-4-9(5-3-8)17-11(12,13)14/h2-5,7H,1H3. The predicted octanol–water partition coefficient (Wildman–Crippen LogP) is 2.93. The molecule has 1 atom stereocenters. The lowest BCUT2D eigenvalue weighted by Gasteiger charge is -2.09. The number of alkyl halides is 3. The number of carbonyl (C=O) groups is 1. The maximum Gasteiger partial charge on any atom is 0.573 e. The number of benzene rings is 1. The Labute approximate surface area is 95.4 Å². The van der Waals surface area contributed by atoms with E-state index in [9.17, 15) is 18.0 Å². The van der Waals surface area contributed by atoms with Crippen molar-refractivity contribution in [3.8, 4) is 11.8 Å². The number of carbonyl (C=O) groups excluding carboxylic acids is 1. The van der Waals surface area contributed by atoms with E-state index in [1.807, 2.05) is 0 Å². The van der Waals surface area contributed by atoms with E-state index in [1.165, 1.54) is 19.1 Å². The molecule has 0 saturated carbocycles. The smallest absolute Gasteiger partial charge is 0.406 e. The van der Waals surface area contributed by atoms with Crippen molar-refractivity contribution in [3.05, 3.63) is 29.8 Å². The molecule has 1 aromatic rings. The van der Waals surface area contributed by atoms with Crippen LogP contribution < -0.4 is 4.74 Å². The number of hydrogen-bond acceptors (Lipinski definition) is 3. The third-order valence-electron chi connectivity index (χ3n) is 1.96. The highest BCUT2D eigenvalue weighted by Gasteiger charge is 2.31. The molecule has 0 radical (unpaired) electrons. The first kappa shape index (κ1) is 13.0. The van der Waals surface area contributed by atoms with Crippen LogP contribution in [-0.2, 0) is 0 Å². The third kappa shape index (κ3) is 3.79. The van der Waals surface area contributed by atoms with E-state index >= 15 is 0 Å². The molecule has 0 amide bonds. The number of Topliss-reactive ketones (excluding diaryl/α,β-unsaturated/α-hetero) is 1. The van der Waals surface area contributed by atoms with Crippen LogP contribution in [0.4, 0.5) is 13.2 Å². The lowest BCUT2D eigenvalue weighted by Crippen LogP contribution is -2.17. The molecule has 0 heterocycles. The van der Waals surface area contributed by atoms with Gasteiger partial charge in [0.25, 0.3) is 0 Å². The molecule has 0 aliphatic carbocycles. The summed E-state index contributed by atoms with van der Waals surface area (Å²) in [5.74, 6) is -1.67. The summed E-state index contributed by atoms with van der Waals surface area (Å²) in [7, 11) is 0. The Hall–Kier alpha value is -2.03. The van der Waals surface area contributed by atoms with Gasteiger partial charge in [0.15, 0.2) is 5.78 Å². The Morgan fingerprint density at radius 3 is 2.29 bits per heavy atom. The van der Waals surface area contributed by atoms with Gasteiger partial charge in [-0.25, -0.2) is 0 Å². The Morgan fingerprint density at radius 1 is 1.35 bits per heavy atom. The molecule has 0 saturated heterocycles. The largest absolute Gasteiger partial charge is 0.573 e. The van der Waals surface area contributed by atoms with Crippen molar-refractivity contribution in [1.29, 1.82) is 5.26 Å². The third-order valence-corrected chi connectivity index (χ3v) is 1.96. The van der Waals surface area contributed by atoms with Crippen LogP contribution in [0.1, 0.15) is 17.3 Å². The van der Waals surface area contributed by atoms with Gasteiger partial charge in [-0.2, -0.15) is 5.26 Å². The number of halogens is 3. The van der Waals surface area contributed by atoms with E-state index in [0.29, 0.717) is 0 Å². The molecule has 0 aliphatic heterocycles. The van der Waals surface area contributed by atoms with Crippen LogP contribution in [0.15, 0.2) is 24.3 Å². The highest BCUT2D eigenvalue weighted by atomic mass is 19.4. The molecule has 1 aromatic carbocycles. The van der Waals surface area contributed by atoms with Crippen molar-refractivity contribution < 1.29 is 22.7 Å². The van der Waals surface area contributed by atoms with Gasteiger partial charge < -0.3 is 4.74 Å². The zero-order valence-corrected chi connectivity index (χ0v) is 8.78. The summed E-state index contributed by atoms with van der Waals surface area (Å²) in [5, 5.41) is 8.53. The van der Waals surface area contributed by atoms with E-state index in [4.69, 9.17) is 5.26 Å². The molecule has 0 N–H and O–H groups in total. The molecule has 0 spiro atoms. The molecule has 1 rings (SSSR count). The van der Waals surface area contributed by atoms with Crippen LogP contribution in [0, 0.1) is 17.2 Å². The molecule has 6 heteroatoms. The second-order valence-electron chi connectivity index (χ2n) is 3.29. The van der Waals surface area contributed by atoms with Crippen LogP contribution >= 0.6 is 0 Å². The van der Waals surface area contributed by atoms with Gasteiger partial charge in [0.05, 0.1) is 6.07 Å². The fraction of sp³-hybridized carbons (Fsp3) is 0.273. The van der Waals surface area contributed by atoms with Gasteiger partial charge in [-0.3, -0.25) is 4.79 Å². The van der Waals surface area contributed by atoms with Crippen molar-refractivity contribution in [2.45, 2.75) is 13.3 Å². The van der Waals surface area contributed by atoms with Crippen molar-refractivity contribution in [1.82, 2.24) is 0 Å². The monoisotopic (exact) mass is 243 g/mol. The highest BCUT2D eigenvalue weighted by molar-refractivity contribution is 5.99. The van der Waals surface area contributed by atoms with E-state index < -0.39 is 23.8 Å². The minimum atomic E-state index is -4.76. The second-order valence-corrected chi connectivity index (χ2v) is 3.29. The number of nitriles is 1. The van der Waals surface area contributed by atoms with Gasteiger partial charge in [0.2, 0.25) is 0 Å². The molecule has 0 aliphatic rings. The Bertz CT molecular complexity index is 445. The Morgan fingerprint density at radius 2 is 1.88 bits per heavy atom. The first-order valence-corrected chi connectivity index (χ1v) is 4.63. The maximum atomic E-state index is 11.9. The van der Waals surface area contributed by atoms with E-state index in [-0.39, 0.29) is 5.56 Å². The summed E-state index contributed by atoms with van der Waals surface area (Å²) in [6.07, 6.45) is -4.76. The predicted molar refractivity (Wildman–Crippen MR) is 52.2 cm³/mol. The van der Waals surface area contributed by atoms with Crippen LogP contribution in [0.25, 0.3) is 0 Å². The minimum absolute atomic E-state index is 0.175. The molecule has 0 aromatic heterocycles. The summed E-state index contributed by atoms with van der Waals surface area (Å²) >= 11 is 0. The average Bonchev–Trinajstić information content (AvgIpc) is 2.26. The molecule has 17 heavy (non-hydrogen) atoms. The lowest BCUT2D eigenvalue weighted by atomic mass is 10.0. The van der Waals surface area contributed by atoms with Crippen molar-refractivity contribution >= 4 is 5.78 Å². The van der Waals surface area contributed by atoms with Gasteiger partial charge in [0.1, 0.15) is 11.7 Å². The Balaban J connectivity index is 2.82. The molecule has 0 bridgehead atoms. The van der Waals surface area contributed by atoms with Gasteiger partial charge >= 0.3 is 6.36 Å². The van der Waals surface area contributed by atoms with Crippen LogP contribution in [0.3, 0.4) is 0 Å². The first-order valence-electron chi connectivity index (χ1n) is 4.63. The van der Waals surface area contributed by atoms with Gasteiger partial charge in [-0.15, -0.1) is 13.2 Å². The van der Waals surface area contributed by atoms with Gasteiger partial charge in [-0.1, -0.05) is 0 Å². The summed E-state index contributed by atoms with van der Waals surface area (Å²) in [6, 6.07) is 6.20. The van der Waals surface area contributed by atoms with Crippen LogP contribution in [-0.4, -0.2) is 12.1 Å². The van der Waals surface area contributed by atoms with Crippen molar-refractivity contribution in [2.24, 2.45) is 5.92 Å². The molecular weight excluding hydrogens is 235 g/mol. The number of ether oxygens (including phenoxy) is 1. The van der Waals surface area contributed by atoms with Crippen molar-refractivity contribution in [3.63, 3.8) is 0 Å². The SMILES string of the molecule is CC(C#N)C(=O)c1ccc(OC(F)(F)F)cc1. The topological polar surface area (TPSA) is 50.1 Å². The summed E-state index contributed by atoms with van der Waals surface area (Å²) in [5.41, 5.74) is 0.175. The van der Waals surface area contributed by atoms with E-state index in [2.05, 4.69) is 4.74 Å². The van der Waals surface area contributed by atoms with Crippen LogP contribution in [0.2, 0.25) is 0 Å². The molecule has 90 valence electrons. The second kappa shape index (κ2) is 4.87. The molecule has 3 nitrogen and oxygen atoms in total. The Kier molecular flexibility index (Phi) is 3.73. The quantitative estimate of drug-likeness (QED) is 0.767. The highest BCUT2D eigenvalue weighted by Crippen LogP contribution is 2.23. The normalized spacial score (nSPS) is 12.6. The molecular formula is C11H8F3NO2. The first-order chi connectivity index (χ1) is 7.83. The number of ketones is 1. The van der Waals surface area contributed by atoms with Gasteiger partial charge in [-0.05, 0) is 31.2 Å². The summed E-state index contributed by atoms with van der Waals surface area (Å²) in [4.78, 5) is 11.5. The molecule has 1 unspecified atom stereocenters. The number of hydrogen-bond donors (Lipinski definition) is 0. The van der Waals surface area contributed by atoms with Crippen LogP contribution in [0.5, 0.6) is 5.75 Å². The lowest BCUT2D eigenvalue weighted by molar-refractivity contribution is -0.274. The maximum absolute atomic E-state index is 11.9. The number of nitrogens with zero attached hydrogens (tertiary/aromatic N) is 1. The molecule has 0 fully saturated rings. The van der Waals surface area contributed by atoms with Crippen molar-refractivity contribution in [2.75, 3.05) is 0 Å².